The lowest BCUT2D eigenvalue weighted by atomic mass is 10.1. The Bertz CT molecular complexity index is 671. The first-order chi connectivity index (χ1) is 11.1. The van der Waals surface area contributed by atoms with Gasteiger partial charge in [0.25, 0.3) is 0 Å². The van der Waals surface area contributed by atoms with Crippen molar-refractivity contribution in [3.8, 4) is 0 Å². The summed E-state index contributed by atoms with van der Waals surface area (Å²) in [6, 6.07) is 7.10. The average molecular weight is 314 g/mol. The number of carbonyl (C=O) groups is 1. The second-order valence-electron chi connectivity index (χ2n) is 6.70. The molecule has 1 aliphatic carbocycles. The van der Waals surface area contributed by atoms with E-state index in [2.05, 4.69) is 52.2 Å². The molecule has 2 aromatic rings. The lowest BCUT2D eigenvalue weighted by molar-refractivity contribution is 0.237. The second kappa shape index (κ2) is 7.02. The van der Waals surface area contributed by atoms with Crippen LogP contribution in [0.2, 0.25) is 0 Å². The summed E-state index contributed by atoms with van der Waals surface area (Å²) < 4.78 is 2.17. The first-order valence-corrected chi connectivity index (χ1v) is 8.63. The van der Waals surface area contributed by atoms with Gasteiger partial charge in [0.2, 0.25) is 0 Å². The summed E-state index contributed by atoms with van der Waals surface area (Å²) in [7, 11) is 0. The second-order valence-corrected chi connectivity index (χ2v) is 6.70. The summed E-state index contributed by atoms with van der Waals surface area (Å²) in [5.41, 5.74) is 3.38. The van der Waals surface area contributed by atoms with Gasteiger partial charge >= 0.3 is 6.03 Å². The van der Waals surface area contributed by atoms with Crippen molar-refractivity contribution >= 4 is 17.1 Å². The van der Waals surface area contributed by atoms with Gasteiger partial charge in [-0.05, 0) is 50.8 Å². The lowest BCUT2D eigenvalue weighted by Gasteiger charge is -2.13. The summed E-state index contributed by atoms with van der Waals surface area (Å²) >= 11 is 0. The standard InChI is InChI=1S/C18H26N4O/c1-13(2)22-12-20-16-11-14(7-8-17(16)22)9-10-19-18(23)21-15-5-3-4-6-15/h7-8,11-13,15H,3-6,9-10H2,1-2H3,(H2,19,21,23). The highest BCUT2D eigenvalue weighted by Crippen LogP contribution is 2.19. The fraction of sp³-hybridized carbons (Fsp3) is 0.556. The first-order valence-electron chi connectivity index (χ1n) is 8.63. The molecule has 1 saturated carbocycles. The fourth-order valence-corrected chi connectivity index (χ4v) is 3.27. The summed E-state index contributed by atoms with van der Waals surface area (Å²) in [5, 5.41) is 6.00. The summed E-state index contributed by atoms with van der Waals surface area (Å²) in [6.07, 6.45) is 7.40. The van der Waals surface area contributed by atoms with Crippen LogP contribution in [0, 0.1) is 0 Å². The van der Waals surface area contributed by atoms with E-state index in [-0.39, 0.29) is 6.03 Å². The Kier molecular flexibility index (Phi) is 4.84. The molecule has 5 nitrogen and oxygen atoms in total. The maximum absolute atomic E-state index is 11.8. The molecule has 0 saturated heterocycles. The van der Waals surface area contributed by atoms with E-state index in [9.17, 15) is 4.79 Å². The molecule has 0 radical (unpaired) electrons. The zero-order chi connectivity index (χ0) is 16.2. The minimum atomic E-state index is -0.0398. The quantitative estimate of drug-likeness (QED) is 0.888. The molecule has 23 heavy (non-hydrogen) atoms. The molecule has 3 rings (SSSR count). The average Bonchev–Trinajstić information content (AvgIpc) is 3.15. The molecule has 1 aliphatic rings. The highest BCUT2D eigenvalue weighted by Gasteiger charge is 2.16. The van der Waals surface area contributed by atoms with Gasteiger partial charge in [0, 0.05) is 18.6 Å². The monoisotopic (exact) mass is 314 g/mol. The molecule has 1 fully saturated rings. The molecule has 1 heterocycles. The van der Waals surface area contributed by atoms with Gasteiger partial charge in [-0.1, -0.05) is 18.9 Å². The van der Waals surface area contributed by atoms with Gasteiger partial charge in [-0.15, -0.1) is 0 Å². The van der Waals surface area contributed by atoms with Crippen molar-refractivity contribution in [1.29, 1.82) is 0 Å². The highest BCUT2D eigenvalue weighted by molar-refractivity contribution is 5.76. The third kappa shape index (κ3) is 3.84. The number of hydrogen-bond donors (Lipinski definition) is 2. The number of nitrogens with zero attached hydrogens (tertiary/aromatic N) is 2. The minimum absolute atomic E-state index is 0.0398. The van der Waals surface area contributed by atoms with Crippen LogP contribution in [0.15, 0.2) is 24.5 Å². The van der Waals surface area contributed by atoms with E-state index >= 15 is 0 Å². The molecule has 1 aromatic heterocycles. The van der Waals surface area contributed by atoms with E-state index in [1.54, 1.807) is 0 Å². The van der Waals surface area contributed by atoms with Crippen molar-refractivity contribution in [2.75, 3.05) is 6.54 Å². The molecule has 1 aromatic carbocycles. The van der Waals surface area contributed by atoms with Gasteiger partial charge < -0.3 is 15.2 Å². The zero-order valence-corrected chi connectivity index (χ0v) is 14.0. The van der Waals surface area contributed by atoms with Crippen LogP contribution in [0.25, 0.3) is 11.0 Å². The Hall–Kier alpha value is -2.04. The van der Waals surface area contributed by atoms with Crippen molar-refractivity contribution in [2.24, 2.45) is 0 Å². The van der Waals surface area contributed by atoms with Gasteiger partial charge in [0.1, 0.15) is 0 Å². The van der Waals surface area contributed by atoms with Crippen molar-refractivity contribution in [1.82, 2.24) is 20.2 Å². The topological polar surface area (TPSA) is 59.0 Å². The number of imidazole rings is 1. The highest BCUT2D eigenvalue weighted by atomic mass is 16.2. The minimum Gasteiger partial charge on any atom is -0.338 e. The number of carbonyl (C=O) groups excluding carboxylic acids is 1. The normalized spacial score (nSPS) is 15.4. The fourth-order valence-electron chi connectivity index (χ4n) is 3.27. The van der Waals surface area contributed by atoms with Crippen molar-refractivity contribution in [2.45, 2.75) is 58.0 Å². The number of rotatable bonds is 5. The van der Waals surface area contributed by atoms with Crippen LogP contribution in [-0.4, -0.2) is 28.2 Å². The number of aromatic nitrogens is 2. The van der Waals surface area contributed by atoms with Crippen LogP contribution in [0.1, 0.15) is 51.1 Å². The SMILES string of the molecule is CC(C)n1cnc2cc(CCNC(=O)NC3CCCC3)ccc21. The predicted octanol–water partition coefficient (Wildman–Crippen LogP) is 3.40. The summed E-state index contributed by atoms with van der Waals surface area (Å²) in [4.78, 5) is 16.3. The lowest BCUT2D eigenvalue weighted by Crippen LogP contribution is -2.41. The smallest absolute Gasteiger partial charge is 0.315 e. The molecular weight excluding hydrogens is 288 g/mol. The predicted molar refractivity (Wildman–Crippen MR) is 92.6 cm³/mol. The number of benzene rings is 1. The molecule has 5 heteroatoms. The number of urea groups is 1. The first kappa shape index (κ1) is 15.8. The van der Waals surface area contributed by atoms with Crippen molar-refractivity contribution in [3.63, 3.8) is 0 Å². The van der Waals surface area contributed by atoms with Crippen LogP contribution in [-0.2, 0) is 6.42 Å². The van der Waals surface area contributed by atoms with E-state index in [1.165, 1.54) is 18.4 Å². The van der Waals surface area contributed by atoms with E-state index in [1.807, 2.05) is 6.33 Å². The van der Waals surface area contributed by atoms with Gasteiger partial charge in [0.05, 0.1) is 17.4 Å². The number of nitrogens with one attached hydrogen (secondary N) is 2. The van der Waals surface area contributed by atoms with E-state index < -0.39 is 0 Å². The number of amides is 2. The Morgan fingerprint density at radius 2 is 2.13 bits per heavy atom. The molecule has 0 atom stereocenters. The number of fused-ring (bicyclic) bond motifs is 1. The van der Waals surface area contributed by atoms with Gasteiger partial charge in [0.15, 0.2) is 0 Å². The Labute approximate surface area is 137 Å². The van der Waals surface area contributed by atoms with E-state index in [4.69, 9.17) is 0 Å². The van der Waals surface area contributed by atoms with Gasteiger partial charge in [-0.2, -0.15) is 0 Å². The van der Waals surface area contributed by atoms with Gasteiger partial charge in [-0.3, -0.25) is 0 Å². The molecule has 2 N–H and O–H groups in total. The molecule has 124 valence electrons. The Morgan fingerprint density at radius 3 is 2.87 bits per heavy atom. The molecular formula is C18H26N4O. The summed E-state index contributed by atoms with van der Waals surface area (Å²) in [5.74, 6) is 0. The van der Waals surface area contributed by atoms with Crippen LogP contribution >= 0.6 is 0 Å². The third-order valence-corrected chi connectivity index (χ3v) is 4.59. The maximum Gasteiger partial charge on any atom is 0.315 e. The van der Waals surface area contributed by atoms with Crippen molar-refractivity contribution in [3.05, 3.63) is 30.1 Å². The number of hydrogen-bond acceptors (Lipinski definition) is 2. The van der Waals surface area contributed by atoms with Crippen LogP contribution in [0.3, 0.4) is 0 Å². The Balaban J connectivity index is 1.52. The van der Waals surface area contributed by atoms with Crippen molar-refractivity contribution < 1.29 is 4.79 Å². The molecule has 2 amide bonds. The van der Waals surface area contributed by atoms with Gasteiger partial charge in [-0.25, -0.2) is 9.78 Å². The molecule has 0 bridgehead atoms. The molecule has 0 aliphatic heterocycles. The van der Waals surface area contributed by atoms with Crippen LogP contribution < -0.4 is 10.6 Å². The zero-order valence-electron chi connectivity index (χ0n) is 14.0. The maximum atomic E-state index is 11.8. The van der Waals surface area contributed by atoms with E-state index in [0.29, 0.717) is 18.6 Å². The summed E-state index contributed by atoms with van der Waals surface area (Å²) in [6.45, 7) is 4.96. The largest absolute Gasteiger partial charge is 0.338 e. The molecule has 0 unspecified atom stereocenters. The molecule has 0 spiro atoms. The third-order valence-electron chi connectivity index (χ3n) is 4.59. The van der Waals surface area contributed by atoms with Crippen LogP contribution in [0.4, 0.5) is 4.79 Å². The van der Waals surface area contributed by atoms with Crippen LogP contribution in [0.5, 0.6) is 0 Å². The Morgan fingerprint density at radius 1 is 1.35 bits per heavy atom. The van der Waals surface area contributed by atoms with E-state index in [0.717, 1.165) is 30.3 Å².